The van der Waals surface area contributed by atoms with Crippen LogP contribution in [-0.4, -0.2) is 76.8 Å². The second-order valence-corrected chi connectivity index (χ2v) is 5.24. The van der Waals surface area contributed by atoms with Gasteiger partial charge in [0.25, 0.3) is 0 Å². The van der Waals surface area contributed by atoms with Crippen molar-refractivity contribution in [3.8, 4) is 0 Å². The molecule has 0 aliphatic rings. The monoisotopic (exact) mass is 379 g/mol. The molecule has 142 valence electrons. The maximum absolute atomic E-state index is 11.9. The third-order valence-corrected chi connectivity index (χ3v) is 3.20. The van der Waals surface area contributed by atoms with Crippen molar-refractivity contribution in [3.05, 3.63) is 0 Å². The molecule has 0 heterocycles. The van der Waals surface area contributed by atoms with E-state index in [1.807, 2.05) is 5.32 Å². The molecule has 13 heteroatoms. The summed E-state index contributed by atoms with van der Waals surface area (Å²) in [7, 11) is 0. The van der Waals surface area contributed by atoms with Crippen molar-refractivity contribution in [1.82, 2.24) is 16.0 Å². The molecule has 0 aromatic heterocycles. The number of hydrogen-bond acceptors (Lipinski definition) is 8. The molecule has 0 rings (SSSR count). The Bertz CT molecular complexity index is 530. The maximum Gasteiger partial charge on any atom is 0.326 e. The summed E-state index contributed by atoms with van der Waals surface area (Å²) in [5, 5.41) is 24.3. The summed E-state index contributed by atoms with van der Waals surface area (Å²) >= 11 is 3.82. The highest BCUT2D eigenvalue weighted by Crippen LogP contribution is 1.94. The molecule has 3 unspecified atom stereocenters. The van der Waals surface area contributed by atoms with E-state index < -0.39 is 67.3 Å². The number of carbonyl (C=O) groups excluding carboxylic acids is 4. The van der Waals surface area contributed by atoms with Crippen LogP contribution in [0.5, 0.6) is 0 Å². The lowest BCUT2D eigenvalue weighted by atomic mass is 10.1. The van der Waals surface area contributed by atoms with E-state index in [0.717, 1.165) is 0 Å². The number of carboxylic acid groups (broad SMARTS) is 1. The van der Waals surface area contributed by atoms with Gasteiger partial charge in [0.05, 0.1) is 25.6 Å². The summed E-state index contributed by atoms with van der Waals surface area (Å²) in [5.41, 5.74) is 10.3. The van der Waals surface area contributed by atoms with Gasteiger partial charge in [0.1, 0.15) is 12.1 Å². The van der Waals surface area contributed by atoms with E-state index in [9.17, 15) is 24.0 Å². The van der Waals surface area contributed by atoms with Gasteiger partial charge in [-0.05, 0) is 0 Å². The van der Waals surface area contributed by atoms with Crippen molar-refractivity contribution in [2.75, 3.05) is 18.9 Å². The number of primary amides is 1. The van der Waals surface area contributed by atoms with Gasteiger partial charge in [0, 0.05) is 5.75 Å². The average Bonchev–Trinajstić information content (AvgIpc) is 2.55. The second kappa shape index (κ2) is 11.2. The third-order valence-electron chi connectivity index (χ3n) is 2.81. The lowest BCUT2D eigenvalue weighted by Crippen LogP contribution is -2.55. The van der Waals surface area contributed by atoms with E-state index in [0.29, 0.717) is 0 Å². The molecule has 0 aliphatic heterocycles. The smallest absolute Gasteiger partial charge is 0.326 e. The number of aliphatic hydroxyl groups excluding tert-OH is 1. The van der Waals surface area contributed by atoms with Crippen LogP contribution in [0.4, 0.5) is 0 Å². The topological polar surface area (TPSA) is 214 Å². The van der Waals surface area contributed by atoms with Gasteiger partial charge in [-0.25, -0.2) is 4.79 Å². The Morgan fingerprint density at radius 3 is 2.08 bits per heavy atom. The van der Waals surface area contributed by atoms with E-state index in [-0.39, 0.29) is 5.75 Å². The van der Waals surface area contributed by atoms with Crippen LogP contribution in [0.25, 0.3) is 0 Å². The van der Waals surface area contributed by atoms with E-state index in [2.05, 4.69) is 23.3 Å². The van der Waals surface area contributed by atoms with Crippen molar-refractivity contribution >= 4 is 42.2 Å². The summed E-state index contributed by atoms with van der Waals surface area (Å²) in [4.78, 5) is 56.6. The number of carbonyl (C=O) groups is 5. The summed E-state index contributed by atoms with van der Waals surface area (Å²) in [5.74, 6) is -4.91. The fourth-order valence-corrected chi connectivity index (χ4v) is 1.66. The minimum absolute atomic E-state index is 0.0611. The molecule has 0 aromatic rings. The van der Waals surface area contributed by atoms with Crippen molar-refractivity contribution in [3.63, 3.8) is 0 Å². The molecular formula is C12H21N5O7S. The van der Waals surface area contributed by atoms with Gasteiger partial charge in [-0.2, -0.15) is 12.6 Å². The Labute approximate surface area is 148 Å². The lowest BCUT2D eigenvalue weighted by Gasteiger charge is -2.19. The summed E-state index contributed by atoms with van der Waals surface area (Å²) in [6.07, 6.45) is -0.662. The number of aliphatic carboxylic acids is 1. The number of carboxylic acids is 1. The summed E-state index contributed by atoms with van der Waals surface area (Å²) < 4.78 is 0. The number of nitrogens with one attached hydrogen (secondary N) is 3. The number of rotatable bonds is 11. The molecule has 0 aliphatic carbocycles. The van der Waals surface area contributed by atoms with Crippen molar-refractivity contribution in [2.45, 2.75) is 24.5 Å². The molecule has 0 radical (unpaired) electrons. The van der Waals surface area contributed by atoms with Crippen molar-refractivity contribution in [1.29, 1.82) is 0 Å². The van der Waals surface area contributed by atoms with Gasteiger partial charge >= 0.3 is 5.97 Å². The number of hydrogen-bond donors (Lipinski definition) is 8. The highest BCUT2D eigenvalue weighted by molar-refractivity contribution is 7.80. The first-order valence-electron chi connectivity index (χ1n) is 6.98. The number of nitrogens with two attached hydrogens (primary N) is 2. The Balaban J connectivity index is 4.62. The van der Waals surface area contributed by atoms with E-state index in [4.69, 9.17) is 21.7 Å². The van der Waals surface area contributed by atoms with Gasteiger partial charge in [0.15, 0.2) is 0 Å². The zero-order valence-electron chi connectivity index (χ0n) is 13.1. The van der Waals surface area contributed by atoms with Crippen LogP contribution >= 0.6 is 12.6 Å². The van der Waals surface area contributed by atoms with E-state index >= 15 is 0 Å². The Morgan fingerprint density at radius 1 is 1.04 bits per heavy atom. The highest BCUT2D eigenvalue weighted by Gasteiger charge is 2.27. The molecule has 12 nitrogen and oxygen atoms in total. The number of aliphatic hydroxyl groups is 1. The molecule has 0 saturated carbocycles. The molecule has 0 saturated heterocycles. The third kappa shape index (κ3) is 8.88. The second-order valence-electron chi connectivity index (χ2n) is 4.88. The van der Waals surface area contributed by atoms with Gasteiger partial charge < -0.3 is 37.6 Å². The number of thiol groups is 1. The van der Waals surface area contributed by atoms with Crippen molar-refractivity contribution in [2.24, 2.45) is 11.5 Å². The van der Waals surface area contributed by atoms with Crippen molar-refractivity contribution < 1.29 is 34.2 Å². The standard InChI is InChI=1S/C12H21N5O7S/c13-5(4-25)10(21)15-2-9(20)16-7(3-18)11(22)17-6(12(23)24)1-8(14)19/h5-7,18,25H,1-4,13H2,(H2,14,19)(H,15,21)(H,16,20)(H,17,22)(H,23,24). The Morgan fingerprint density at radius 2 is 1.64 bits per heavy atom. The predicted molar refractivity (Wildman–Crippen MR) is 87.2 cm³/mol. The minimum atomic E-state index is -1.61. The van der Waals surface area contributed by atoms with Crippen LogP contribution in [0.2, 0.25) is 0 Å². The van der Waals surface area contributed by atoms with Crippen LogP contribution in [-0.2, 0) is 24.0 Å². The fourth-order valence-electron chi connectivity index (χ4n) is 1.49. The molecule has 0 spiro atoms. The molecule has 0 aromatic carbocycles. The van der Waals surface area contributed by atoms with Gasteiger partial charge in [-0.15, -0.1) is 0 Å². The Hall–Kier alpha value is -2.38. The molecule has 25 heavy (non-hydrogen) atoms. The molecule has 0 fully saturated rings. The van der Waals surface area contributed by atoms with E-state index in [1.54, 1.807) is 0 Å². The van der Waals surface area contributed by atoms with Gasteiger partial charge in [-0.1, -0.05) is 0 Å². The quantitative estimate of drug-likeness (QED) is 0.163. The zero-order chi connectivity index (χ0) is 19.6. The average molecular weight is 379 g/mol. The highest BCUT2D eigenvalue weighted by atomic mass is 32.1. The van der Waals surface area contributed by atoms with Crippen LogP contribution in [0.1, 0.15) is 6.42 Å². The largest absolute Gasteiger partial charge is 0.480 e. The molecule has 0 bridgehead atoms. The normalized spacial score (nSPS) is 13.9. The minimum Gasteiger partial charge on any atom is -0.480 e. The first kappa shape index (κ1) is 22.6. The van der Waals surface area contributed by atoms with Crippen LogP contribution < -0.4 is 27.4 Å². The predicted octanol–water partition coefficient (Wildman–Crippen LogP) is -4.72. The number of amides is 4. The first-order valence-corrected chi connectivity index (χ1v) is 7.61. The van der Waals surface area contributed by atoms with Crippen LogP contribution in [0.3, 0.4) is 0 Å². The van der Waals surface area contributed by atoms with Crippen LogP contribution in [0, 0.1) is 0 Å². The molecular weight excluding hydrogens is 358 g/mol. The van der Waals surface area contributed by atoms with Gasteiger partial charge in [-0.3, -0.25) is 19.2 Å². The summed E-state index contributed by atoms with van der Waals surface area (Å²) in [6, 6.07) is -4.01. The zero-order valence-corrected chi connectivity index (χ0v) is 14.0. The lowest BCUT2D eigenvalue weighted by molar-refractivity contribution is -0.144. The fraction of sp³-hybridized carbons (Fsp3) is 0.583. The first-order chi connectivity index (χ1) is 11.6. The maximum atomic E-state index is 11.9. The Kier molecular flexibility index (Phi) is 10.2. The molecule has 9 N–H and O–H groups in total. The molecule has 3 atom stereocenters. The van der Waals surface area contributed by atoms with Crippen LogP contribution in [0.15, 0.2) is 0 Å². The molecule has 4 amide bonds. The summed E-state index contributed by atoms with van der Waals surface area (Å²) in [6.45, 7) is -1.36. The van der Waals surface area contributed by atoms with Gasteiger partial charge in [0.2, 0.25) is 23.6 Å². The SMILES string of the molecule is NC(=O)CC(NC(=O)C(CO)NC(=O)CNC(=O)C(N)CS)C(=O)O. The van der Waals surface area contributed by atoms with E-state index in [1.165, 1.54) is 0 Å².